The van der Waals surface area contributed by atoms with Gasteiger partial charge in [0.2, 0.25) is 0 Å². The van der Waals surface area contributed by atoms with E-state index in [1.54, 1.807) is 5.32 Å². The second-order valence-electron chi connectivity index (χ2n) is 7.66. The molecule has 0 saturated heterocycles. The number of nitrogens with one attached hydrogen (secondary N) is 2. The zero-order valence-electron chi connectivity index (χ0n) is 21.9. The fourth-order valence-electron chi connectivity index (χ4n) is 1.83. The summed E-state index contributed by atoms with van der Waals surface area (Å²) < 4.78 is 135. The van der Waals surface area contributed by atoms with Gasteiger partial charge in [-0.2, -0.15) is 35.1 Å². The molecule has 0 heterocycles. The lowest BCUT2D eigenvalue weighted by atomic mass is 10.4. The van der Waals surface area contributed by atoms with Crippen LogP contribution in [0.3, 0.4) is 0 Å². The Hall–Kier alpha value is -3.72. The molecule has 0 atom stereocenters. The molecule has 0 unspecified atom stereocenters. The molecule has 0 aromatic heterocycles. The molecule has 2 amide bonds. The molecule has 0 rings (SSSR count). The minimum atomic E-state index is -6.18. The molecular formula is C21H26F8N2O11. The molecule has 0 aliphatic heterocycles. The van der Waals surface area contributed by atoms with Crippen LogP contribution in [0.5, 0.6) is 0 Å². The molecule has 0 saturated carbocycles. The van der Waals surface area contributed by atoms with Crippen LogP contribution in [-0.2, 0) is 42.7 Å². The number of rotatable bonds is 19. The molecule has 0 fully saturated rings. The second-order valence-corrected chi connectivity index (χ2v) is 7.66. The molecule has 0 aromatic rings. The van der Waals surface area contributed by atoms with E-state index in [2.05, 4.69) is 46.3 Å². The Morgan fingerprint density at radius 2 is 1.02 bits per heavy atom. The Morgan fingerprint density at radius 3 is 1.43 bits per heavy atom. The summed E-state index contributed by atoms with van der Waals surface area (Å²) in [6.45, 7) is 0.782. The number of alkyl carbamates (subject to hydrolysis) is 2. The number of ether oxygens (including phenoxy) is 7. The van der Waals surface area contributed by atoms with E-state index in [0.29, 0.717) is 0 Å². The van der Waals surface area contributed by atoms with Crippen molar-refractivity contribution in [2.45, 2.75) is 38.3 Å². The number of halogens is 8. The molecule has 0 spiro atoms. The minimum Gasteiger partial charge on any atom is -0.460 e. The summed E-state index contributed by atoms with van der Waals surface area (Å²) in [5.41, 5.74) is 0.0377. The van der Waals surface area contributed by atoms with Gasteiger partial charge in [-0.3, -0.25) is 9.47 Å². The normalized spacial score (nSPS) is 12.1. The lowest BCUT2D eigenvalue weighted by Crippen LogP contribution is -2.51. The van der Waals surface area contributed by atoms with E-state index in [-0.39, 0.29) is 11.1 Å². The molecular weight excluding hydrogens is 608 g/mol. The van der Waals surface area contributed by atoms with Crippen molar-refractivity contribution in [2.75, 3.05) is 46.3 Å². The highest BCUT2D eigenvalue weighted by Crippen LogP contribution is 2.40. The average molecular weight is 634 g/mol. The lowest BCUT2D eigenvalue weighted by molar-refractivity contribution is -0.493. The largest absolute Gasteiger partial charge is 0.460 e. The van der Waals surface area contributed by atoms with Gasteiger partial charge in [0.25, 0.3) is 0 Å². The van der Waals surface area contributed by atoms with Crippen LogP contribution in [0.4, 0.5) is 44.7 Å². The van der Waals surface area contributed by atoms with Crippen LogP contribution >= 0.6 is 0 Å². The van der Waals surface area contributed by atoms with Crippen molar-refractivity contribution in [3.05, 3.63) is 24.3 Å². The standard InChI is InChI=1S/C21H26F8N2O11/c1-12(2)14(32)36-7-5-30-16(34)38-9-18(22,23)40-11-41-20(26,27)21(28,29)42-19(24,25)10-39-17(35)31-6-8-37-15(33)13(3)4/h1,3,5-11H2,2,4H3,(H,30,34)(H,31,35). The number of alkyl halides is 8. The lowest BCUT2D eigenvalue weighted by Gasteiger charge is -2.29. The maximum absolute atomic E-state index is 13.6. The summed E-state index contributed by atoms with van der Waals surface area (Å²) in [5.74, 6) is -1.66. The third-order valence-electron chi connectivity index (χ3n) is 3.78. The van der Waals surface area contributed by atoms with Gasteiger partial charge in [0.1, 0.15) is 13.2 Å². The van der Waals surface area contributed by atoms with E-state index in [9.17, 15) is 54.3 Å². The topological polar surface area (TPSA) is 157 Å². The predicted molar refractivity (Wildman–Crippen MR) is 118 cm³/mol. The van der Waals surface area contributed by atoms with Crippen molar-refractivity contribution < 1.29 is 87.5 Å². The fraction of sp³-hybridized carbons (Fsp3) is 0.619. The molecule has 0 aromatic carbocycles. The third-order valence-corrected chi connectivity index (χ3v) is 3.78. The van der Waals surface area contributed by atoms with E-state index >= 15 is 0 Å². The van der Waals surface area contributed by atoms with Gasteiger partial charge in [0.05, 0.1) is 13.1 Å². The smallest absolute Gasteiger partial charge is 0.453 e. The Morgan fingerprint density at radius 1 is 0.619 bits per heavy atom. The van der Waals surface area contributed by atoms with E-state index in [0.717, 1.165) is 0 Å². The van der Waals surface area contributed by atoms with Gasteiger partial charge in [-0.1, -0.05) is 13.2 Å². The quantitative estimate of drug-likeness (QED) is 0.0538. The molecule has 0 bridgehead atoms. The van der Waals surface area contributed by atoms with Gasteiger partial charge in [0, 0.05) is 11.1 Å². The number of hydrogen-bond donors (Lipinski definition) is 2. The molecule has 2 N–H and O–H groups in total. The summed E-state index contributed by atoms with van der Waals surface area (Å²) >= 11 is 0. The van der Waals surface area contributed by atoms with Crippen LogP contribution in [-0.4, -0.2) is 94.9 Å². The van der Waals surface area contributed by atoms with Crippen LogP contribution in [0.1, 0.15) is 13.8 Å². The van der Waals surface area contributed by atoms with Crippen LogP contribution in [0.15, 0.2) is 24.3 Å². The summed E-state index contributed by atoms with van der Waals surface area (Å²) in [7, 11) is 0. The van der Waals surface area contributed by atoms with Crippen LogP contribution in [0.25, 0.3) is 0 Å². The van der Waals surface area contributed by atoms with E-state index in [1.165, 1.54) is 13.8 Å². The first-order valence-corrected chi connectivity index (χ1v) is 11.1. The summed E-state index contributed by atoms with van der Waals surface area (Å²) in [6.07, 6.45) is -25.2. The Balaban J connectivity index is 4.56. The molecule has 21 heteroatoms. The number of carbonyl (C=O) groups is 4. The van der Waals surface area contributed by atoms with Crippen molar-refractivity contribution in [2.24, 2.45) is 0 Å². The van der Waals surface area contributed by atoms with E-state index < -0.39 is 94.9 Å². The van der Waals surface area contributed by atoms with Crippen molar-refractivity contribution in [3.63, 3.8) is 0 Å². The van der Waals surface area contributed by atoms with Crippen molar-refractivity contribution in [3.8, 4) is 0 Å². The summed E-state index contributed by atoms with van der Waals surface area (Å²) in [4.78, 5) is 44.8. The van der Waals surface area contributed by atoms with Crippen molar-refractivity contribution in [1.82, 2.24) is 10.6 Å². The SMILES string of the molecule is C=C(C)C(=O)OCCNC(=O)OCC(F)(F)OCOC(F)(F)C(F)(F)OC(F)(F)COC(=O)NCCOC(=O)C(=C)C. The molecule has 0 aliphatic carbocycles. The van der Waals surface area contributed by atoms with Gasteiger partial charge in [-0.25, -0.2) is 23.9 Å². The highest BCUT2D eigenvalue weighted by atomic mass is 19.3. The summed E-state index contributed by atoms with van der Waals surface area (Å²) in [5, 5.41) is 3.62. The predicted octanol–water partition coefficient (Wildman–Crippen LogP) is 3.06. The number of amides is 2. The molecule has 13 nitrogen and oxygen atoms in total. The van der Waals surface area contributed by atoms with E-state index in [1.807, 2.05) is 5.32 Å². The Kier molecular flexibility index (Phi) is 15.2. The third kappa shape index (κ3) is 15.9. The first-order valence-electron chi connectivity index (χ1n) is 11.1. The van der Waals surface area contributed by atoms with Crippen LogP contribution < -0.4 is 10.6 Å². The Bertz CT molecular complexity index is 980. The second kappa shape index (κ2) is 16.7. The summed E-state index contributed by atoms with van der Waals surface area (Å²) in [6, 6.07) is 0. The van der Waals surface area contributed by atoms with Crippen molar-refractivity contribution in [1.29, 1.82) is 0 Å². The zero-order chi connectivity index (χ0) is 32.8. The first kappa shape index (κ1) is 38.3. The Labute approximate surface area is 232 Å². The van der Waals surface area contributed by atoms with E-state index in [4.69, 9.17) is 0 Å². The highest BCUT2D eigenvalue weighted by molar-refractivity contribution is 5.87. The van der Waals surface area contributed by atoms with Crippen molar-refractivity contribution >= 4 is 24.1 Å². The number of carbonyl (C=O) groups excluding carboxylic acids is 4. The van der Waals surface area contributed by atoms with Gasteiger partial charge >= 0.3 is 48.6 Å². The van der Waals surface area contributed by atoms with Crippen LogP contribution in [0.2, 0.25) is 0 Å². The number of hydrogen-bond acceptors (Lipinski definition) is 11. The average Bonchev–Trinajstić information content (AvgIpc) is 2.85. The number of esters is 2. The molecule has 42 heavy (non-hydrogen) atoms. The molecule has 242 valence electrons. The minimum absolute atomic E-state index is 0.00316. The van der Waals surface area contributed by atoms with Gasteiger partial charge in [0.15, 0.2) is 20.0 Å². The van der Waals surface area contributed by atoms with Crippen LogP contribution in [0, 0.1) is 0 Å². The molecule has 0 radical (unpaired) electrons. The van der Waals surface area contributed by atoms with Gasteiger partial charge in [-0.15, -0.1) is 0 Å². The monoisotopic (exact) mass is 634 g/mol. The zero-order valence-corrected chi connectivity index (χ0v) is 21.9. The fourth-order valence-corrected chi connectivity index (χ4v) is 1.83. The highest BCUT2D eigenvalue weighted by Gasteiger charge is 2.64. The maximum atomic E-state index is 13.6. The maximum Gasteiger partial charge on any atom is 0.453 e. The van der Waals surface area contributed by atoms with Gasteiger partial charge < -0.3 is 29.6 Å². The molecule has 0 aliphatic rings. The van der Waals surface area contributed by atoms with Gasteiger partial charge in [-0.05, 0) is 13.8 Å². The first-order chi connectivity index (χ1) is 19.1.